The van der Waals surface area contributed by atoms with Crippen LogP contribution in [0.4, 0.5) is 4.79 Å². The Morgan fingerprint density at radius 1 is 1.28 bits per heavy atom. The van der Waals surface area contributed by atoms with Gasteiger partial charge in [0, 0.05) is 12.0 Å². The molecule has 1 aromatic heterocycles. The maximum Gasteiger partial charge on any atom is 0.411 e. The summed E-state index contributed by atoms with van der Waals surface area (Å²) in [7, 11) is 1.44. The van der Waals surface area contributed by atoms with Crippen LogP contribution in [0.3, 0.4) is 0 Å². The number of hydrogen-bond donors (Lipinski definition) is 2. The van der Waals surface area contributed by atoms with Gasteiger partial charge in [0.15, 0.2) is 0 Å². The molecule has 1 heterocycles. The van der Waals surface area contributed by atoms with Crippen LogP contribution in [-0.2, 0) is 12.0 Å². The minimum absolute atomic E-state index is 0.0454. The molecule has 0 saturated carbocycles. The van der Waals surface area contributed by atoms with E-state index in [1.165, 1.54) is 7.11 Å². The molecule has 4 N–H and O–H groups in total. The SMILES string of the molecule is COc1nc(OC(N)=O)c(C(C)(C)C)nc1CN. The summed E-state index contributed by atoms with van der Waals surface area (Å²) in [5.74, 6) is 0.269. The average Bonchev–Trinajstić information content (AvgIpc) is 2.26. The van der Waals surface area contributed by atoms with Crippen molar-refractivity contribution >= 4 is 6.09 Å². The molecular formula is C11H18N4O3. The van der Waals surface area contributed by atoms with Crippen LogP contribution in [0.5, 0.6) is 11.8 Å². The van der Waals surface area contributed by atoms with Gasteiger partial charge in [-0.1, -0.05) is 20.8 Å². The fraction of sp³-hybridized carbons (Fsp3) is 0.545. The van der Waals surface area contributed by atoms with E-state index in [0.29, 0.717) is 11.4 Å². The van der Waals surface area contributed by atoms with E-state index in [9.17, 15) is 4.79 Å². The molecule has 0 radical (unpaired) electrons. The van der Waals surface area contributed by atoms with E-state index in [4.69, 9.17) is 20.9 Å². The molecule has 7 heteroatoms. The van der Waals surface area contributed by atoms with E-state index >= 15 is 0 Å². The first kappa shape index (κ1) is 14.2. The highest BCUT2D eigenvalue weighted by atomic mass is 16.6. The predicted molar refractivity (Wildman–Crippen MR) is 65.4 cm³/mol. The lowest BCUT2D eigenvalue weighted by atomic mass is 9.92. The Morgan fingerprint density at radius 3 is 2.28 bits per heavy atom. The lowest BCUT2D eigenvalue weighted by Gasteiger charge is -2.21. The molecule has 0 aliphatic heterocycles. The first-order valence-electron chi connectivity index (χ1n) is 5.42. The topological polar surface area (TPSA) is 113 Å². The van der Waals surface area contributed by atoms with Gasteiger partial charge in [0.1, 0.15) is 11.4 Å². The minimum Gasteiger partial charge on any atom is -0.480 e. The van der Waals surface area contributed by atoms with Crippen molar-refractivity contribution in [2.24, 2.45) is 11.5 Å². The molecule has 1 rings (SSSR count). The molecule has 0 atom stereocenters. The van der Waals surface area contributed by atoms with E-state index in [1.807, 2.05) is 20.8 Å². The number of hydrogen-bond acceptors (Lipinski definition) is 6. The summed E-state index contributed by atoms with van der Waals surface area (Å²) in [5.41, 5.74) is 11.2. The van der Waals surface area contributed by atoms with Gasteiger partial charge >= 0.3 is 6.09 Å². The van der Waals surface area contributed by atoms with Gasteiger partial charge in [0.05, 0.1) is 7.11 Å². The van der Waals surface area contributed by atoms with Gasteiger partial charge in [-0.3, -0.25) is 0 Å². The van der Waals surface area contributed by atoms with Gasteiger partial charge in [-0.25, -0.2) is 9.78 Å². The Kier molecular flexibility index (Phi) is 4.07. The number of carbonyl (C=O) groups is 1. The maximum absolute atomic E-state index is 10.9. The number of nitrogens with two attached hydrogens (primary N) is 2. The van der Waals surface area contributed by atoms with Crippen LogP contribution < -0.4 is 20.9 Å². The highest BCUT2D eigenvalue weighted by molar-refractivity contribution is 5.68. The lowest BCUT2D eigenvalue weighted by Crippen LogP contribution is -2.24. The van der Waals surface area contributed by atoms with Gasteiger partial charge in [-0.05, 0) is 0 Å². The number of nitrogens with zero attached hydrogens (tertiary/aromatic N) is 2. The molecule has 0 bridgehead atoms. The number of methoxy groups -OCH3 is 1. The third kappa shape index (κ3) is 3.07. The van der Waals surface area contributed by atoms with Crippen LogP contribution in [0, 0.1) is 0 Å². The molecule has 0 fully saturated rings. The van der Waals surface area contributed by atoms with Crippen molar-refractivity contribution < 1.29 is 14.3 Å². The number of aromatic nitrogens is 2. The first-order chi connectivity index (χ1) is 8.29. The Morgan fingerprint density at radius 2 is 1.89 bits per heavy atom. The zero-order chi connectivity index (χ0) is 13.9. The van der Waals surface area contributed by atoms with Gasteiger partial charge in [0.2, 0.25) is 11.8 Å². The van der Waals surface area contributed by atoms with Crippen LogP contribution in [0.2, 0.25) is 0 Å². The molecule has 0 aliphatic rings. The van der Waals surface area contributed by atoms with Crippen LogP contribution in [-0.4, -0.2) is 23.2 Å². The highest BCUT2D eigenvalue weighted by Gasteiger charge is 2.26. The fourth-order valence-corrected chi connectivity index (χ4v) is 1.39. The van der Waals surface area contributed by atoms with Crippen LogP contribution in [0.15, 0.2) is 0 Å². The third-order valence-electron chi connectivity index (χ3n) is 2.19. The zero-order valence-electron chi connectivity index (χ0n) is 11.0. The number of primary amides is 1. The molecule has 0 saturated heterocycles. The van der Waals surface area contributed by atoms with Crippen molar-refractivity contribution in [1.82, 2.24) is 9.97 Å². The normalized spacial score (nSPS) is 11.2. The predicted octanol–water partition coefficient (Wildman–Crippen LogP) is 0.699. The van der Waals surface area contributed by atoms with Crippen molar-refractivity contribution in [3.05, 3.63) is 11.4 Å². The Hall–Kier alpha value is -1.89. The molecule has 0 unspecified atom stereocenters. The summed E-state index contributed by atoms with van der Waals surface area (Å²) >= 11 is 0. The van der Waals surface area contributed by atoms with E-state index in [0.717, 1.165) is 0 Å². The monoisotopic (exact) mass is 254 g/mol. The van der Waals surface area contributed by atoms with Gasteiger partial charge < -0.3 is 20.9 Å². The Labute approximate surface area is 105 Å². The second kappa shape index (κ2) is 5.18. The van der Waals surface area contributed by atoms with E-state index in [2.05, 4.69) is 9.97 Å². The fourth-order valence-electron chi connectivity index (χ4n) is 1.39. The van der Waals surface area contributed by atoms with Crippen molar-refractivity contribution in [3.8, 4) is 11.8 Å². The van der Waals surface area contributed by atoms with E-state index in [1.54, 1.807) is 0 Å². The van der Waals surface area contributed by atoms with Crippen molar-refractivity contribution in [3.63, 3.8) is 0 Å². The Bertz CT molecular complexity index is 454. The van der Waals surface area contributed by atoms with Gasteiger partial charge in [-0.2, -0.15) is 4.98 Å². The van der Waals surface area contributed by atoms with Gasteiger partial charge in [0.25, 0.3) is 0 Å². The standard InChI is InChI=1S/C11H18N4O3/c1-11(2,3)7-9(18-10(13)16)15-8(17-4)6(5-12)14-7/h5,12H2,1-4H3,(H2,13,16). The molecule has 0 aromatic carbocycles. The van der Waals surface area contributed by atoms with Crippen molar-refractivity contribution in [2.75, 3.05) is 7.11 Å². The maximum atomic E-state index is 10.9. The van der Waals surface area contributed by atoms with Crippen LogP contribution in [0.25, 0.3) is 0 Å². The Balaban J connectivity index is 3.41. The van der Waals surface area contributed by atoms with Gasteiger partial charge in [-0.15, -0.1) is 0 Å². The molecule has 0 aliphatic carbocycles. The quantitative estimate of drug-likeness (QED) is 0.820. The average molecular weight is 254 g/mol. The van der Waals surface area contributed by atoms with Crippen molar-refractivity contribution in [1.29, 1.82) is 0 Å². The second-order valence-corrected chi connectivity index (χ2v) is 4.71. The smallest absolute Gasteiger partial charge is 0.411 e. The highest BCUT2D eigenvalue weighted by Crippen LogP contribution is 2.31. The summed E-state index contributed by atoms with van der Waals surface area (Å²) in [5, 5.41) is 0. The number of carbonyl (C=O) groups excluding carboxylic acids is 1. The van der Waals surface area contributed by atoms with Crippen molar-refractivity contribution in [2.45, 2.75) is 32.7 Å². The number of amides is 1. The third-order valence-corrected chi connectivity index (χ3v) is 2.19. The largest absolute Gasteiger partial charge is 0.480 e. The number of rotatable bonds is 3. The molecule has 1 aromatic rings. The number of ether oxygens (including phenoxy) is 2. The van der Waals surface area contributed by atoms with E-state index < -0.39 is 6.09 Å². The first-order valence-corrected chi connectivity index (χ1v) is 5.42. The summed E-state index contributed by atoms with van der Waals surface area (Å²) in [6.45, 7) is 5.92. The second-order valence-electron chi connectivity index (χ2n) is 4.71. The molecule has 18 heavy (non-hydrogen) atoms. The minimum atomic E-state index is -0.947. The lowest BCUT2D eigenvalue weighted by molar-refractivity contribution is 0.206. The molecule has 0 spiro atoms. The molecular weight excluding hydrogens is 236 g/mol. The summed E-state index contributed by atoms with van der Waals surface area (Å²) in [4.78, 5) is 19.3. The van der Waals surface area contributed by atoms with E-state index in [-0.39, 0.29) is 23.7 Å². The molecule has 100 valence electrons. The molecule has 1 amide bonds. The molecule has 7 nitrogen and oxygen atoms in total. The zero-order valence-corrected chi connectivity index (χ0v) is 11.0. The summed E-state index contributed by atoms with van der Waals surface area (Å²) in [6, 6.07) is 0. The summed E-state index contributed by atoms with van der Waals surface area (Å²) in [6.07, 6.45) is -0.947. The van der Waals surface area contributed by atoms with Crippen LogP contribution in [0.1, 0.15) is 32.2 Å². The summed E-state index contributed by atoms with van der Waals surface area (Å²) < 4.78 is 9.90. The van der Waals surface area contributed by atoms with Crippen LogP contribution >= 0.6 is 0 Å².